The number of ether oxygens (including phenoxy) is 2. The highest BCUT2D eigenvalue weighted by atomic mass is 35.5. The standard InChI is InChI=1S/C15H19ClN2O2/c1-3-4-7-20-15-8-11(10-17-16)18-14-6-5-12(19-2)9-13(14)15/h5-6,8-9,17H,3-4,7,10H2,1-2H3. The second kappa shape index (κ2) is 7.31. The molecular weight excluding hydrogens is 276 g/mol. The molecule has 0 fully saturated rings. The number of hydrogen-bond acceptors (Lipinski definition) is 4. The molecule has 4 nitrogen and oxygen atoms in total. The number of aromatic nitrogens is 1. The molecule has 0 aliphatic heterocycles. The molecule has 1 N–H and O–H groups in total. The van der Waals surface area contributed by atoms with E-state index in [0.29, 0.717) is 13.2 Å². The second-order valence-electron chi connectivity index (χ2n) is 4.51. The lowest BCUT2D eigenvalue weighted by Crippen LogP contribution is -2.04. The molecule has 0 aliphatic rings. The highest BCUT2D eigenvalue weighted by Crippen LogP contribution is 2.29. The summed E-state index contributed by atoms with van der Waals surface area (Å²) in [4.78, 5) is 7.14. The lowest BCUT2D eigenvalue weighted by atomic mass is 10.1. The zero-order valence-corrected chi connectivity index (χ0v) is 12.5. The van der Waals surface area contributed by atoms with Gasteiger partial charge in [0.2, 0.25) is 0 Å². The first-order valence-corrected chi connectivity index (χ1v) is 7.10. The van der Waals surface area contributed by atoms with Crippen LogP contribution in [0.1, 0.15) is 25.5 Å². The molecule has 0 bridgehead atoms. The van der Waals surface area contributed by atoms with Gasteiger partial charge in [-0.15, -0.1) is 0 Å². The number of fused-ring (bicyclic) bond motifs is 1. The van der Waals surface area contributed by atoms with Crippen LogP contribution in [-0.2, 0) is 6.54 Å². The number of nitrogens with zero attached hydrogens (tertiary/aromatic N) is 1. The topological polar surface area (TPSA) is 43.4 Å². The maximum Gasteiger partial charge on any atom is 0.130 e. The van der Waals surface area contributed by atoms with Crippen LogP contribution < -0.4 is 14.3 Å². The van der Waals surface area contributed by atoms with Crippen molar-refractivity contribution in [1.29, 1.82) is 0 Å². The van der Waals surface area contributed by atoms with Gasteiger partial charge < -0.3 is 9.47 Å². The first-order chi connectivity index (χ1) is 9.78. The zero-order valence-electron chi connectivity index (χ0n) is 11.8. The largest absolute Gasteiger partial charge is 0.497 e. The molecule has 0 radical (unpaired) electrons. The van der Waals surface area contributed by atoms with Crippen molar-refractivity contribution < 1.29 is 9.47 Å². The first kappa shape index (κ1) is 14.9. The number of nitrogens with one attached hydrogen (secondary N) is 1. The quantitative estimate of drug-likeness (QED) is 0.625. The summed E-state index contributed by atoms with van der Waals surface area (Å²) in [6, 6.07) is 7.69. The van der Waals surface area contributed by atoms with E-state index in [-0.39, 0.29) is 0 Å². The Balaban J connectivity index is 2.41. The van der Waals surface area contributed by atoms with Crippen molar-refractivity contribution in [2.24, 2.45) is 0 Å². The smallest absolute Gasteiger partial charge is 0.130 e. The number of hydrogen-bond donors (Lipinski definition) is 1. The third-order valence-electron chi connectivity index (χ3n) is 3.03. The van der Waals surface area contributed by atoms with E-state index in [9.17, 15) is 0 Å². The average molecular weight is 295 g/mol. The van der Waals surface area contributed by atoms with E-state index < -0.39 is 0 Å². The van der Waals surface area contributed by atoms with Crippen LogP contribution in [0.2, 0.25) is 0 Å². The summed E-state index contributed by atoms with van der Waals surface area (Å²) in [5, 5.41) is 0.957. The Morgan fingerprint density at radius 2 is 2.15 bits per heavy atom. The number of rotatable bonds is 7. The minimum absolute atomic E-state index is 0.494. The summed E-state index contributed by atoms with van der Waals surface area (Å²) in [7, 11) is 1.65. The molecule has 1 heterocycles. The molecule has 0 saturated heterocycles. The van der Waals surface area contributed by atoms with Crippen LogP contribution in [-0.4, -0.2) is 18.7 Å². The zero-order chi connectivity index (χ0) is 14.4. The van der Waals surface area contributed by atoms with Gasteiger partial charge in [0.05, 0.1) is 31.5 Å². The van der Waals surface area contributed by atoms with Gasteiger partial charge in [-0.05, 0) is 36.4 Å². The van der Waals surface area contributed by atoms with E-state index in [2.05, 4.69) is 16.7 Å². The molecule has 0 aliphatic carbocycles. The number of unbranched alkanes of at least 4 members (excludes halogenated alkanes) is 1. The Morgan fingerprint density at radius 3 is 2.85 bits per heavy atom. The molecule has 2 rings (SSSR count). The predicted molar refractivity (Wildman–Crippen MR) is 81.4 cm³/mol. The van der Waals surface area contributed by atoms with Gasteiger partial charge in [0, 0.05) is 11.5 Å². The molecule has 20 heavy (non-hydrogen) atoms. The maximum absolute atomic E-state index is 5.88. The molecular formula is C15H19ClN2O2. The summed E-state index contributed by atoms with van der Waals surface area (Å²) in [5.41, 5.74) is 1.73. The molecule has 0 amide bonds. The van der Waals surface area contributed by atoms with Crippen LogP contribution in [0.5, 0.6) is 11.5 Å². The highest BCUT2D eigenvalue weighted by molar-refractivity contribution is 6.13. The molecule has 0 atom stereocenters. The monoisotopic (exact) mass is 294 g/mol. The third kappa shape index (κ3) is 3.52. The van der Waals surface area contributed by atoms with E-state index in [1.165, 1.54) is 0 Å². The van der Waals surface area contributed by atoms with Crippen LogP contribution in [0.15, 0.2) is 24.3 Å². The van der Waals surface area contributed by atoms with Crippen molar-refractivity contribution in [1.82, 2.24) is 9.82 Å². The number of pyridine rings is 1. The van der Waals surface area contributed by atoms with Crippen molar-refractivity contribution >= 4 is 22.7 Å². The van der Waals surface area contributed by atoms with Gasteiger partial charge in [0.1, 0.15) is 11.5 Å². The molecule has 1 aromatic heterocycles. The molecule has 5 heteroatoms. The third-order valence-corrected chi connectivity index (χ3v) is 3.17. The van der Waals surface area contributed by atoms with Crippen molar-refractivity contribution in [3.05, 3.63) is 30.0 Å². The van der Waals surface area contributed by atoms with Gasteiger partial charge in [-0.2, -0.15) is 0 Å². The molecule has 108 valence electrons. The average Bonchev–Trinajstić information content (AvgIpc) is 2.47. The normalized spacial score (nSPS) is 10.8. The van der Waals surface area contributed by atoms with Gasteiger partial charge >= 0.3 is 0 Å². The minimum atomic E-state index is 0.494. The Labute approximate surface area is 124 Å². The Hall–Kier alpha value is -1.52. The van der Waals surface area contributed by atoms with Crippen molar-refractivity contribution in [2.45, 2.75) is 26.3 Å². The van der Waals surface area contributed by atoms with Gasteiger partial charge in [0.25, 0.3) is 0 Å². The van der Waals surface area contributed by atoms with Crippen molar-refractivity contribution in [2.75, 3.05) is 13.7 Å². The van der Waals surface area contributed by atoms with Gasteiger partial charge in [-0.3, -0.25) is 4.98 Å². The van der Waals surface area contributed by atoms with Gasteiger partial charge in [-0.1, -0.05) is 13.3 Å². The van der Waals surface area contributed by atoms with Gasteiger partial charge in [0.15, 0.2) is 0 Å². The minimum Gasteiger partial charge on any atom is -0.497 e. The lowest BCUT2D eigenvalue weighted by molar-refractivity contribution is 0.312. The van der Waals surface area contributed by atoms with E-state index in [0.717, 1.165) is 40.9 Å². The van der Waals surface area contributed by atoms with Crippen LogP contribution in [0.3, 0.4) is 0 Å². The molecule has 0 spiro atoms. The van der Waals surface area contributed by atoms with E-state index in [1.807, 2.05) is 24.3 Å². The predicted octanol–water partition coefficient (Wildman–Crippen LogP) is 3.67. The molecule has 0 saturated carbocycles. The highest BCUT2D eigenvalue weighted by Gasteiger charge is 2.08. The molecule has 1 aromatic carbocycles. The van der Waals surface area contributed by atoms with Crippen LogP contribution in [0.4, 0.5) is 0 Å². The molecule has 0 unspecified atom stereocenters. The fraction of sp³-hybridized carbons (Fsp3) is 0.400. The van der Waals surface area contributed by atoms with Crippen LogP contribution in [0.25, 0.3) is 10.9 Å². The van der Waals surface area contributed by atoms with Crippen molar-refractivity contribution in [3.63, 3.8) is 0 Å². The lowest BCUT2D eigenvalue weighted by Gasteiger charge is -2.12. The Kier molecular flexibility index (Phi) is 5.44. The number of methoxy groups -OCH3 is 1. The van der Waals surface area contributed by atoms with Crippen molar-refractivity contribution in [3.8, 4) is 11.5 Å². The fourth-order valence-corrected chi connectivity index (χ4v) is 2.09. The van der Waals surface area contributed by atoms with Crippen LogP contribution in [0, 0.1) is 0 Å². The van der Waals surface area contributed by atoms with Crippen LogP contribution >= 0.6 is 11.8 Å². The molecule has 2 aromatic rings. The van der Waals surface area contributed by atoms with E-state index >= 15 is 0 Å². The summed E-state index contributed by atoms with van der Waals surface area (Å²) in [6.45, 7) is 3.33. The van der Waals surface area contributed by atoms with Gasteiger partial charge in [-0.25, -0.2) is 4.84 Å². The summed E-state index contributed by atoms with van der Waals surface area (Å²) >= 11 is 5.56. The number of benzene rings is 1. The first-order valence-electron chi connectivity index (χ1n) is 6.72. The van der Waals surface area contributed by atoms with E-state index in [1.54, 1.807) is 7.11 Å². The summed E-state index contributed by atoms with van der Waals surface area (Å²) in [5.74, 6) is 1.62. The Bertz CT molecular complexity index is 575. The Morgan fingerprint density at radius 1 is 1.30 bits per heavy atom. The summed E-state index contributed by atoms with van der Waals surface area (Å²) in [6.07, 6.45) is 2.12. The SMILES string of the molecule is CCCCOc1cc(CNCl)nc2ccc(OC)cc12. The second-order valence-corrected chi connectivity index (χ2v) is 4.77. The maximum atomic E-state index is 5.88. The fourth-order valence-electron chi connectivity index (χ4n) is 1.96. The number of halogens is 1. The van der Waals surface area contributed by atoms with E-state index in [4.69, 9.17) is 21.3 Å². The summed E-state index contributed by atoms with van der Waals surface area (Å²) < 4.78 is 11.1.